The SMILES string of the molecule is Cc1cc(I)ccc1NC(=O)C1CCCN(Cc2ccc(Cl)cc2Cl)C1. The van der Waals surface area contributed by atoms with E-state index in [2.05, 4.69) is 38.9 Å². The second kappa shape index (κ2) is 8.91. The van der Waals surface area contributed by atoms with E-state index < -0.39 is 0 Å². The summed E-state index contributed by atoms with van der Waals surface area (Å²) in [5.41, 5.74) is 3.03. The second-order valence-electron chi connectivity index (χ2n) is 6.76. The van der Waals surface area contributed by atoms with E-state index in [4.69, 9.17) is 23.2 Å². The van der Waals surface area contributed by atoms with E-state index in [1.54, 1.807) is 6.07 Å². The number of likely N-dealkylation sites (tertiary alicyclic amines) is 1. The van der Waals surface area contributed by atoms with Gasteiger partial charge in [-0.1, -0.05) is 29.3 Å². The normalized spacial score (nSPS) is 17.9. The number of amides is 1. The molecular weight excluding hydrogens is 482 g/mol. The fraction of sp³-hybridized carbons (Fsp3) is 0.350. The molecule has 3 nitrogen and oxygen atoms in total. The summed E-state index contributed by atoms with van der Waals surface area (Å²) in [5, 5.41) is 4.42. The zero-order chi connectivity index (χ0) is 18.7. The van der Waals surface area contributed by atoms with Crippen molar-refractivity contribution in [3.05, 3.63) is 61.1 Å². The van der Waals surface area contributed by atoms with Crippen LogP contribution >= 0.6 is 45.8 Å². The van der Waals surface area contributed by atoms with Gasteiger partial charge < -0.3 is 5.32 Å². The van der Waals surface area contributed by atoms with Gasteiger partial charge >= 0.3 is 0 Å². The summed E-state index contributed by atoms with van der Waals surface area (Å²) in [6, 6.07) is 11.7. The van der Waals surface area contributed by atoms with Crippen molar-refractivity contribution in [2.75, 3.05) is 18.4 Å². The average molecular weight is 503 g/mol. The van der Waals surface area contributed by atoms with Crippen molar-refractivity contribution in [2.24, 2.45) is 5.92 Å². The Morgan fingerprint density at radius 1 is 1.27 bits per heavy atom. The molecule has 6 heteroatoms. The van der Waals surface area contributed by atoms with Crippen molar-refractivity contribution in [1.29, 1.82) is 0 Å². The third-order valence-electron chi connectivity index (χ3n) is 4.73. The number of halogens is 3. The predicted octanol–water partition coefficient (Wildman–Crippen LogP) is 5.76. The lowest BCUT2D eigenvalue weighted by Gasteiger charge is -2.32. The van der Waals surface area contributed by atoms with Gasteiger partial charge in [0, 0.05) is 32.4 Å². The van der Waals surface area contributed by atoms with Crippen molar-refractivity contribution in [2.45, 2.75) is 26.3 Å². The van der Waals surface area contributed by atoms with Crippen molar-refractivity contribution < 1.29 is 4.79 Å². The van der Waals surface area contributed by atoms with E-state index in [0.29, 0.717) is 10.0 Å². The van der Waals surface area contributed by atoms with Crippen molar-refractivity contribution in [3.63, 3.8) is 0 Å². The number of carbonyl (C=O) groups is 1. The Kier molecular flexibility index (Phi) is 6.83. The lowest BCUT2D eigenvalue weighted by molar-refractivity contribution is -0.121. The number of nitrogens with zero attached hydrogens (tertiary/aromatic N) is 1. The Morgan fingerprint density at radius 3 is 2.81 bits per heavy atom. The van der Waals surface area contributed by atoms with Crippen molar-refractivity contribution in [3.8, 4) is 0 Å². The molecule has 0 spiro atoms. The molecule has 2 aromatic rings. The van der Waals surface area contributed by atoms with Gasteiger partial charge in [0.15, 0.2) is 0 Å². The highest BCUT2D eigenvalue weighted by atomic mass is 127. The molecule has 1 unspecified atom stereocenters. The van der Waals surface area contributed by atoms with Crippen LogP contribution < -0.4 is 5.32 Å². The van der Waals surface area contributed by atoms with E-state index in [1.165, 1.54) is 3.57 Å². The minimum Gasteiger partial charge on any atom is -0.326 e. The first-order chi connectivity index (χ1) is 12.4. The van der Waals surface area contributed by atoms with Gasteiger partial charge in [-0.05, 0) is 90.4 Å². The van der Waals surface area contributed by atoms with E-state index in [1.807, 2.05) is 31.2 Å². The average Bonchev–Trinajstić information content (AvgIpc) is 2.60. The molecule has 1 N–H and O–H groups in total. The van der Waals surface area contributed by atoms with E-state index in [0.717, 1.165) is 49.3 Å². The summed E-state index contributed by atoms with van der Waals surface area (Å²) in [7, 11) is 0. The molecule has 0 bridgehead atoms. The Hall–Kier alpha value is -0.820. The van der Waals surface area contributed by atoms with Gasteiger partial charge in [-0.3, -0.25) is 9.69 Å². The first-order valence-electron chi connectivity index (χ1n) is 8.65. The van der Waals surface area contributed by atoms with Gasteiger partial charge in [-0.25, -0.2) is 0 Å². The lowest BCUT2D eigenvalue weighted by Crippen LogP contribution is -2.40. The maximum Gasteiger partial charge on any atom is 0.228 e. The van der Waals surface area contributed by atoms with Crippen LogP contribution in [0.4, 0.5) is 5.69 Å². The number of nitrogens with one attached hydrogen (secondary N) is 1. The lowest BCUT2D eigenvalue weighted by atomic mass is 9.96. The minimum absolute atomic E-state index is 0.00602. The number of piperidine rings is 1. The smallest absolute Gasteiger partial charge is 0.228 e. The summed E-state index contributed by atoms with van der Waals surface area (Å²) >= 11 is 14.5. The molecule has 1 atom stereocenters. The zero-order valence-electron chi connectivity index (χ0n) is 14.6. The first kappa shape index (κ1) is 19.9. The van der Waals surface area contributed by atoms with Crippen LogP contribution in [-0.4, -0.2) is 23.9 Å². The summed E-state index contributed by atoms with van der Waals surface area (Å²) in [6.45, 7) is 4.48. The van der Waals surface area contributed by atoms with E-state index in [9.17, 15) is 4.79 Å². The Bertz CT molecular complexity index is 812. The molecular formula is C20H21Cl2IN2O. The Morgan fingerprint density at radius 2 is 2.08 bits per heavy atom. The molecule has 138 valence electrons. The molecule has 1 heterocycles. The third-order valence-corrected chi connectivity index (χ3v) is 5.99. The molecule has 1 aliphatic rings. The van der Waals surface area contributed by atoms with Crippen LogP contribution in [0, 0.1) is 16.4 Å². The molecule has 1 saturated heterocycles. The number of rotatable bonds is 4. The maximum absolute atomic E-state index is 12.7. The quantitative estimate of drug-likeness (QED) is 0.539. The standard InChI is InChI=1S/C20H21Cl2IN2O/c1-13-9-17(23)6-7-19(13)24-20(26)15-3-2-8-25(12-15)11-14-4-5-16(21)10-18(14)22/h4-7,9-10,15H,2-3,8,11-12H2,1H3,(H,24,26). The van der Waals surface area contributed by atoms with Crippen LogP contribution in [0.15, 0.2) is 36.4 Å². The van der Waals surface area contributed by atoms with Crippen LogP contribution in [0.1, 0.15) is 24.0 Å². The largest absolute Gasteiger partial charge is 0.326 e. The van der Waals surface area contributed by atoms with Gasteiger partial charge in [-0.15, -0.1) is 0 Å². The molecule has 1 amide bonds. The molecule has 3 rings (SSSR count). The number of hydrogen-bond donors (Lipinski definition) is 1. The number of carbonyl (C=O) groups excluding carboxylic acids is 1. The van der Waals surface area contributed by atoms with Crippen molar-refractivity contribution in [1.82, 2.24) is 4.90 Å². The Balaban J connectivity index is 1.63. The van der Waals surface area contributed by atoms with Crippen LogP contribution in [-0.2, 0) is 11.3 Å². The molecule has 26 heavy (non-hydrogen) atoms. The van der Waals surface area contributed by atoms with Crippen LogP contribution in [0.5, 0.6) is 0 Å². The van der Waals surface area contributed by atoms with Gasteiger partial charge in [0.25, 0.3) is 0 Å². The fourth-order valence-corrected chi connectivity index (χ4v) is 4.42. The molecule has 0 saturated carbocycles. The summed E-state index contributed by atoms with van der Waals surface area (Å²) in [6.07, 6.45) is 1.93. The molecule has 0 aromatic heterocycles. The van der Waals surface area contributed by atoms with Crippen LogP contribution in [0.25, 0.3) is 0 Å². The minimum atomic E-state index is -0.00602. The van der Waals surface area contributed by atoms with Gasteiger partial charge in [0.05, 0.1) is 5.92 Å². The summed E-state index contributed by atoms with van der Waals surface area (Å²) < 4.78 is 1.17. The zero-order valence-corrected chi connectivity index (χ0v) is 18.2. The monoisotopic (exact) mass is 502 g/mol. The van der Waals surface area contributed by atoms with Gasteiger partial charge in [0.1, 0.15) is 0 Å². The van der Waals surface area contributed by atoms with Crippen molar-refractivity contribution >= 4 is 57.4 Å². The highest BCUT2D eigenvalue weighted by molar-refractivity contribution is 14.1. The molecule has 1 fully saturated rings. The third kappa shape index (κ3) is 5.12. The second-order valence-corrected chi connectivity index (χ2v) is 8.85. The maximum atomic E-state index is 12.7. The Labute approximate surface area is 178 Å². The van der Waals surface area contributed by atoms with Crippen LogP contribution in [0.2, 0.25) is 10.0 Å². The topological polar surface area (TPSA) is 32.3 Å². The number of aryl methyl sites for hydroxylation is 1. The number of anilines is 1. The predicted molar refractivity (Wildman–Crippen MR) is 117 cm³/mol. The highest BCUT2D eigenvalue weighted by Crippen LogP contribution is 2.26. The fourth-order valence-electron chi connectivity index (χ4n) is 3.31. The first-order valence-corrected chi connectivity index (χ1v) is 10.5. The van der Waals surface area contributed by atoms with E-state index in [-0.39, 0.29) is 11.8 Å². The van der Waals surface area contributed by atoms with E-state index >= 15 is 0 Å². The number of benzene rings is 2. The molecule has 2 aromatic carbocycles. The highest BCUT2D eigenvalue weighted by Gasteiger charge is 2.26. The molecule has 1 aliphatic heterocycles. The molecule has 0 radical (unpaired) electrons. The van der Waals surface area contributed by atoms with Crippen LogP contribution in [0.3, 0.4) is 0 Å². The summed E-state index contributed by atoms with van der Waals surface area (Å²) in [4.78, 5) is 15.0. The summed E-state index contributed by atoms with van der Waals surface area (Å²) in [5.74, 6) is 0.0923. The van der Waals surface area contributed by atoms with Gasteiger partial charge in [0.2, 0.25) is 5.91 Å². The number of hydrogen-bond acceptors (Lipinski definition) is 2. The van der Waals surface area contributed by atoms with Gasteiger partial charge in [-0.2, -0.15) is 0 Å². The molecule has 0 aliphatic carbocycles.